The maximum Gasteiger partial charge on any atom is 0.269 e. The molecule has 0 atom stereocenters. The summed E-state index contributed by atoms with van der Waals surface area (Å²) in [4.78, 5) is 29.0. The quantitative estimate of drug-likeness (QED) is 0.657. The monoisotopic (exact) mass is 342 g/mol. The smallest absolute Gasteiger partial charge is 0.269 e. The number of carbonyl (C=O) groups is 1. The Morgan fingerprint density at radius 2 is 1.96 bits per heavy atom. The highest BCUT2D eigenvalue weighted by molar-refractivity contribution is 5.94. The Morgan fingerprint density at radius 3 is 2.64 bits per heavy atom. The van der Waals surface area contributed by atoms with E-state index in [1.807, 2.05) is 12.1 Å². The first-order chi connectivity index (χ1) is 12.1. The number of anilines is 1. The number of nitro benzene ring substituents is 1. The van der Waals surface area contributed by atoms with Crippen LogP contribution in [0, 0.1) is 10.1 Å². The number of hydrogen-bond acceptors (Lipinski definition) is 6. The third-order valence-corrected chi connectivity index (χ3v) is 3.96. The van der Waals surface area contributed by atoms with Crippen molar-refractivity contribution in [3.8, 4) is 0 Å². The molecule has 1 aliphatic heterocycles. The van der Waals surface area contributed by atoms with Crippen LogP contribution in [0.5, 0.6) is 0 Å². The summed E-state index contributed by atoms with van der Waals surface area (Å²) in [6.45, 7) is 3.17. The number of amides is 1. The van der Waals surface area contributed by atoms with E-state index < -0.39 is 4.92 Å². The average molecular weight is 342 g/mol. The largest absolute Gasteiger partial charge is 0.378 e. The van der Waals surface area contributed by atoms with Crippen LogP contribution in [0.1, 0.15) is 15.9 Å². The van der Waals surface area contributed by atoms with Crippen LogP contribution in [-0.2, 0) is 11.3 Å². The second-order valence-electron chi connectivity index (χ2n) is 5.57. The SMILES string of the molecule is O=C(NCc1cccnc1N1CCOCC1)c1ccc([N+](=O)[O-])cc1. The Hall–Kier alpha value is -3.00. The molecule has 3 rings (SSSR count). The summed E-state index contributed by atoms with van der Waals surface area (Å²) >= 11 is 0. The highest BCUT2D eigenvalue weighted by Crippen LogP contribution is 2.18. The molecule has 130 valence electrons. The molecular weight excluding hydrogens is 324 g/mol. The number of rotatable bonds is 5. The van der Waals surface area contributed by atoms with Gasteiger partial charge in [0.15, 0.2) is 0 Å². The summed E-state index contributed by atoms with van der Waals surface area (Å²) < 4.78 is 5.36. The number of nitrogens with one attached hydrogen (secondary N) is 1. The number of nitrogens with zero attached hydrogens (tertiary/aromatic N) is 3. The zero-order valence-corrected chi connectivity index (χ0v) is 13.6. The molecule has 0 aliphatic carbocycles. The fraction of sp³-hybridized carbons (Fsp3) is 0.294. The van der Waals surface area contributed by atoms with E-state index in [0.717, 1.165) is 24.5 Å². The second-order valence-corrected chi connectivity index (χ2v) is 5.57. The van der Waals surface area contributed by atoms with Crippen molar-refractivity contribution in [2.75, 3.05) is 31.2 Å². The normalized spacial score (nSPS) is 14.2. The predicted octanol–water partition coefficient (Wildman–Crippen LogP) is 1.76. The Morgan fingerprint density at radius 1 is 1.24 bits per heavy atom. The van der Waals surface area contributed by atoms with E-state index in [9.17, 15) is 14.9 Å². The number of benzene rings is 1. The lowest BCUT2D eigenvalue weighted by molar-refractivity contribution is -0.384. The molecule has 1 N–H and O–H groups in total. The minimum atomic E-state index is -0.494. The van der Waals surface area contributed by atoms with E-state index in [1.54, 1.807) is 6.20 Å². The molecule has 2 aromatic rings. The number of pyridine rings is 1. The van der Waals surface area contributed by atoms with Gasteiger partial charge >= 0.3 is 0 Å². The van der Waals surface area contributed by atoms with E-state index >= 15 is 0 Å². The Bertz CT molecular complexity index is 757. The summed E-state index contributed by atoms with van der Waals surface area (Å²) in [6.07, 6.45) is 1.73. The predicted molar refractivity (Wildman–Crippen MR) is 91.5 cm³/mol. The van der Waals surface area contributed by atoms with Gasteiger partial charge < -0.3 is 15.0 Å². The van der Waals surface area contributed by atoms with E-state index in [-0.39, 0.29) is 11.6 Å². The van der Waals surface area contributed by atoms with Gasteiger partial charge in [0.2, 0.25) is 0 Å². The Balaban J connectivity index is 1.67. The van der Waals surface area contributed by atoms with Crippen molar-refractivity contribution in [2.45, 2.75) is 6.54 Å². The number of ether oxygens (including phenoxy) is 1. The summed E-state index contributed by atoms with van der Waals surface area (Å²) in [7, 11) is 0. The van der Waals surface area contributed by atoms with Gasteiger partial charge in [0.25, 0.3) is 11.6 Å². The first kappa shape index (κ1) is 16.8. The molecule has 1 aromatic heterocycles. The molecule has 0 radical (unpaired) electrons. The molecule has 8 heteroatoms. The van der Waals surface area contributed by atoms with Gasteiger partial charge in [0.05, 0.1) is 18.1 Å². The number of nitro groups is 1. The van der Waals surface area contributed by atoms with Gasteiger partial charge in [-0.1, -0.05) is 6.07 Å². The zero-order valence-electron chi connectivity index (χ0n) is 13.6. The van der Waals surface area contributed by atoms with Crippen molar-refractivity contribution < 1.29 is 14.5 Å². The van der Waals surface area contributed by atoms with E-state index in [4.69, 9.17) is 4.74 Å². The van der Waals surface area contributed by atoms with E-state index in [2.05, 4.69) is 15.2 Å². The third kappa shape index (κ3) is 4.10. The average Bonchev–Trinajstić information content (AvgIpc) is 2.67. The van der Waals surface area contributed by atoms with Crippen LogP contribution >= 0.6 is 0 Å². The van der Waals surface area contributed by atoms with E-state index in [1.165, 1.54) is 24.3 Å². The summed E-state index contributed by atoms with van der Waals surface area (Å²) in [5.74, 6) is 0.557. The lowest BCUT2D eigenvalue weighted by Crippen LogP contribution is -2.37. The molecule has 1 fully saturated rings. The molecule has 1 saturated heterocycles. The topological polar surface area (TPSA) is 97.6 Å². The van der Waals surface area contributed by atoms with Gasteiger partial charge in [-0.15, -0.1) is 0 Å². The van der Waals surface area contributed by atoms with Gasteiger partial charge in [0.1, 0.15) is 5.82 Å². The molecular formula is C17H18N4O4. The number of hydrogen-bond donors (Lipinski definition) is 1. The molecule has 0 spiro atoms. The minimum Gasteiger partial charge on any atom is -0.378 e. The van der Waals surface area contributed by atoms with Crippen molar-refractivity contribution >= 4 is 17.4 Å². The lowest BCUT2D eigenvalue weighted by Gasteiger charge is -2.29. The molecule has 0 bridgehead atoms. The fourth-order valence-electron chi connectivity index (χ4n) is 2.64. The number of morpholine rings is 1. The van der Waals surface area contributed by atoms with Gasteiger partial charge in [-0.25, -0.2) is 4.98 Å². The maximum atomic E-state index is 12.3. The van der Waals surface area contributed by atoms with Crippen LogP contribution in [0.4, 0.5) is 11.5 Å². The van der Waals surface area contributed by atoms with Gasteiger partial charge in [0, 0.05) is 49.1 Å². The molecule has 0 saturated carbocycles. The molecule has 0 unspecified atom stereocenters. The van der Waals surface area contributed by atoms with Crippen molar-refractivity contribution in [1.29, 1.82) is 0 Å². The standard InChI is InChI=1S/C17H18N4O4/c22-17(13-3-5-15(6-4-13)21(23)24)19-12-14-2-1-7-18-16(14)20-8-10-25-11-9-20/h1-7H,8-12H2,(H,19,22). The zero-order chi connectivity index (χ0) is 17.6. The molecule has 8 nitrogen and oxygen atoms in total. The Labute approximate surface area is 144 Å². The molecule has 1 aliphatic rings. The first-order valence-corrected chi connectivity index (χ1v) is 7.94. The first-order valence-electron chi connectivity index (χ1n) is 7.94. The van der Waals surface area contributed by atoms with Crippen LogP contribution in [0.2, 0.25) is 0 Å². The second kappa shape index (κ2) is 7.71. The summed E-state index contributed by atoms with van der Waals surface area (Å²) in [6, 6.07) is 9.28. The van der Waals surface area contributed by atoms with Gasteiger partial charge in [-0.2, -0.15) is 0 Å². The van der Waals surface area contributed by atoms with Crippen LogP contribution in [-0.4, -0.2) is 42.1 Å². The lowest BCUT2D eigenvalue weighted by atomic mass is 10.2. The van der Waals surface area contributed by atoms with Gasteiger partial charge in [-0.05, 0) is 18.2 Å². The molecule has 1 aromatic carbocycles. The number of aromatic nitrogens is 1. The number of non-ortho nitro benzene ring substituents is 1. The minimum absolute atomic E-state index is 0.0431. The molecule has 25 heavy (non-hydrogen) atoms. The fourth-order valence-corrected chi connectivity index (χ4v) is 2.64. The van der Waals surface area contributed by atoms with Crippen LogP contribution in [0.25, 0.3) is 0 Å². The maximum absolute atomic E-state index is 12.3. The molecule has 1 amide bonds. The van der Waals surface area contributed by atoms with Crippen LogP contribution in [0.3, 0.4) is 0 Å². The van der Waals surface area contributed by atoms with Crippen molar-refractivity contribution in [3.05, 3.63) is 63.8 Å². The van der Waals surface area contributed by atoms with Crippen molar-refractivity contribution in [3.63, 3.8) is 0 Å². The summed E-state index contributed by atoms with van der Waals surface area (Å²) in [5.41, 5.74) is 1.25. The van der Waals surface area contributed by atoms with Crippen molar-refractivity contribution in [2.24, 2.45) is 0 Å². The highest BCUT2D eigenvalue weighted by Gasteiger charge is 2.16. The van der Waals surface area contributed by atoms with Crippen LogP contribution in [0.15, 0.2) is 42.6 Å². The Kier molecular flexibility index (Phi) is 5.20. The van der Waals surface area contributed by atoms with Crippen molar-refractivity contribution in [1.82, 2.24) is 10.3 Å². The van der Waals surface area contributed by atoms with Crippen LogP contribution < -0.4 is 10.2 Å². The molecule has 2 heterocycles. The number of carbonyl (C=O) groups excluding carboxylic acids is 1. The summed E-state index contributed by atoms with van der Waals surface area (Å²) in [5, 5.41) is 13.5. The van der Waals surface area contributed by atoms with Gasteiger partial charge in [-0.3, -0.25) is 14.9 Å². The van der Waals surface area contributed by atoms with E-state index in [0.29, 0.717) is 25.3 Å². The highest BCUT2D eigenvalue weighted by atomic mass is 16.6. The third-order valence-electron chi connectivity index (χ3n) is 3.96.